The van der Waals surface area contributed by atoms with Crippen LogP contribution in [0.4, 0.5) is 0 Å². The van der Waals surface area contributed by atoms with E-state index in [1.54, 1.807) is 25.1 Å². The molecular formula is C34H45N5O7. The molecule has 0 unspecified atom stereocenters. The first-order valence-electron chi connectivity index (χ1n) is 15.7. The summed E-state index contributed by atoms with van der Waals surface area (Å²) in [6, 6.07) is 11.5. The van der Waals surface area contributed by atoms with E-state index >= 15 is 0 Å². The maximum Gasteiger partial charge on any atom is 0.245 e. The molecule has 46 heavy (non-hydrogen) atoms. The van der Waals surface area contributed by atoms with Crippen molar-refractivity contribution in [2.75, 3.05) is 33.9 Å². The Bertz CT molecular complexity index is 1420. The Morgan fingerprint density at radius 3 is 2.30 bits per heavy atom. The van der Waals surface area contributed by atoms with Crippen LogP contribution in [0.2, 0.25) is 0 Å². The molecule has 12 nitrogen and oxygen atoms in total. The lowest BCUT2D eigenvalue weighted by atomic mass is 10.00. The van der Waals surface area contributed by atoms with Crippen LogP contribution in [-0.4, -0.2) is 97.4 Å². The van der Waals surface area contributed by atoms with Crippen molar-refractivity contribution < 1.29 is 33.4 Å². The van der Waals surface area contributed by atoms with Gasteiger partial charge in [0.05, 0.1) is 33.2 Å². The van der Waals surface area contributed by atoms with E-state index in [1.165, 1.54) is 24.0 Å². The second kappa shape index (κ2) is 15.6. The monoisotopic (exact) mass is 635 g/mol. The predicted octanol–water partition coefficient (Wildman–Crippen LogP) is 1.45. The van der Waals surface area contributed by atoms with E-state index in [0.29, 0.717) is 42.9 Å². The molecule has 0 radical (unpaired) electrons. The molecule has 0 saturated carbocycles. The summed E-state index contributed by atoms with van der Waals surface area (Å²) in [5, 5.41) is 8.68. The Kier molecular flexibility index (Phi) is 11.6. The molecule has 2 aliphatic rings. The molecule has 3 N–H and O–H groups in total. The van der Waals surface area contributed by atoms with Crippen molar-refractivity contribution in [3.05, 3.63) is 59.7 Å². The van der Waals surface area contributed by atoms with Gasteiger partial charge < -0.3 is 35.2 Å². The van der Waals surface area contributed by atoms with Gasteiger partial charge in [0.15, 0.2) is 11.5 Å². The van der Waals surface area contributed by atoms with Crippen LogP contribution in [0.1, 0.15) is 44.7 Å². The Morgan fingerprint density at radius 1 is 0.913 bits per heavy atom. The fraction of sp³-hybridized carbons (Fsp3) is 0.500. The summed E-state index contributed by atoms with van der Waals surface area (Å²) in [6.07, 6.45) is 1.41. The summed E-state index contributed by atoms with van der Waals surface area (Å²) in [5.74, 6) is -1.36. The fourth-order valence-corrected chi connectivity index (χ4v) is 6.01. The molecular weight excluding hydrogens is 590 g/mol. The minimum Gasteiger partial charge on any atom is -0.493 e. The van der Waals surface area contributed by atoms with Gasteiger partial charge in [0.1, 0.15) is 18.1 Å². The third kappa shape index (κ3) is 8.55. The van der Waals surface area contributed by atoms with Gasteiger partial charge in [-0.25, -0.2) is 0 Å². The van der Waals surface area contributed by atoms with Crippen molar-refractivity contribution in [1.29, 1.82) is 0 Å². The standard InChI is InChI=1S/C34H45N5O7/c1-21(2)31-33(43)36-25(16-23-10-7-6-8-11-23)19-38(30(41)18-24-13-14-27(45-4)28(17-24)46-5)20-29(40)35-22(3)34(44)39-15-9-12-26(39)32(42)37-31/h6-8,10-11,13-14,17,21-22,25-26,31H,9,12,15-16,18-20H2,1-5H3,(H,35,40)(H,36,43)(H,37,42)/t22-,25-,26+,31-/m0/s1. The molecule has 2 heterocycles. The number of amides is 5. The predicted molar refractivity (Wildman–Crippen MR) is 171 cm³/mol. The van der Waals surface area contributed by atoms with Crippen molar-refractivity contribution >= 4 is 29.5 Å². The van der Waals surface area contributed by atoms with Crippen LogP contribution >= 0.6 is 0 Å². The summed E-state index contributed by atoms with van der Waals surface area (Å²) < 4.78 is 10.7. The highest BCUT2D eigenvalue weighted by Crippen LogP contribution is 2.28. The van der Waals surface area contributed by atoms with E-state index in [0.717, 1.165) is 5.56 Å². The molecule has 2 aliphatic heterocycles. The molecule has 2 fully saturated rings. The quantitative estimate of drug-likeness (QED) is 0.418. The maximum absolute atomic E-state index is 13.9. The third-order valence-corrected chi connectivity index (χ3v) is 8.44. The van der Waals surface area contributed by atoms with Crippen LogP contribution < -0.4 is 25.4 Å². The van der Waals surface area contributed by atoms with Gasteiger partial charge in [0.25, 0.3) is 0 Å². The summed E-state index contributed by atoms with van der Waals surface area (Å²) in [6.45, 7) is 5.29. The largest absolute Gasteiger partial charge is 0.493 e. The second-order valence-corrected chi connectivity index (χ2v) is 12.2. The molecule has 5 amide bonds. The van der Waals surface area contributed by atoms with Gasteiger partial charge in [-0.05, 0) is 55.4 Å². The van der Waals surface area contributed by atoms with Crippen LogP contribution in [0, 0.1) is 5.92 Å². The fourth-order valence-electron chi connectivity index (χ4n) is 6.01. The molecule has 12 heteroatoms. The van der Waals surface area contributed by atoms with Crippen LogP contribution in [0.5, 0.6) is 11.5 Å². The lowest BCUT2D eigenvalue weighted by Crippen LogP contribution is -2.58. The summed E-state index contributed by atoms with van der Waals surface area (Å²) in [5.41, 5.74) is 1.57. The lowest BCUT2D eigenvalue weighted by molar-refractivity contribution is -0.142. The first-order valence-corrected chi connectivity index (χ1v) is 15.7. The third-order valence-electron chi connectivity index (χ3n) is 8.44. The number of carbonyl (C=O) groups is 5. The molecule has 0 aromatic heterocycles. The molecule has 2 aromatic carbocycles. The van der Waals surface area contributed by atoms with Crippen molar-refractivity contribution in [3.63, 3.8) is 0 Å². The van der Waals surface area contributed by atoms with Gasteiger partial charge in [-0.3, -0.25) is 24.0 Å². The van der Waals surface area contributed by atoms with E-state index in [4.69, 9.17) is 9.47 Å². The highest BCUT2D eigenvalue weighted by atomic mass is 16.5. The normalized spacial score (nSPS) is 23.1. The number of nitrogens with one attached hydrogen (secondary N) is 3. The highest BCUT2D eigenvalue weighted by molar-refractivity contribution is 5.95. The van der Waals surface area contributed by atoms with Crippen LogP contribution in [0.25, 0.3) is 0 Å². The van der Waals surface area contributed by atoms with Crippen molar-refractivity contribution in [3.8, 4) is 11.5 Å². The molecule has 248 valence electrons. The van der Waals surface area contributed by atoms with Gasteiger partial charge in [-0.15, -0.1) is 0 Å². The molecule has 2 aromatic rings. The molecule has 2 saturated heterocycles. The van der Waals surface area contributed by atoms with Crippen LogP contribution in [0.3, 0.4) is 0 Å². The second-order valence-electron chi connectivity index (χ2n) is 12.2. The van der Waals surface area contributed by atoms with E-state index in [2.05, 4.69) is 16.0 Å². The number of carbonyl (C=O) groups excluding carboxylic acids is 5. The lowest BCUT2D eigenvalue weighted by Gasteiger charge is -2.31. The first-order chi connectivity index (χ1) is 22.0. The Labute approximate surface area is 270 Å². The minimum absolute atomic E-state index is 0.00994. The van der Waals surface area contributed by atoms with E-state index in [-0.39, 0.29) is 31.3 Å². The van der Waals surface area contributed by atoms with Crippen molar-refractivity contribution in [1.82, 2.24) is 25.8 Å². The highest BCUT2D eigenvalue weighted by Gasteiger charge is 2.39. The Balaban J connectivity index is 1.69. The summed E-state index contributed by atoms with van der Waals surface area (Å²) >= 11 is 0. The average molecular weight is 636 g/mol. The van der Waals surface area contributed by atoms with Gasteiger partial charge in [-0.2, -0.15) is 0 Å². The molecule has 4 atom stereocenters. The molecule has 0 spiro atoms. The SMILES string of the molecule is COc1ccc(CC(=O)N2CC(=O)N[C@@H](C)C(=O)N3CCC[C@@H]3C(=O)N[C@@H](C(C)C)C(=O)N[C@@H](Cc3ccccc3)C2)cc1OC. The van der Waals surface area contributed by atoms with Crippen molar-refractivity contribution in [2.45, 2.75) is 70.6 Å². The first kappa shape index (κ1) is 34.3. The number of ether oxygens (including phenoxy) is 2. The van der Waals surface area contributed by atoms with E-state index in [9.17, 15) is 24.0 Å². The zero-order chi connectivity index (χ0) is 33.4. The maximum atomic E-state index is 13.9. The molecule has 4 rings (SSSR count). The minimum atomic E-state index is -0.922. The number of fused-ring (bicyclic) bond motifs is 1. The summed E-state index contributed by atoms with van der Waals surface area (Å²) in [7, 11) is 3.03. The van der Waals surface area contributed by atoms with Crippen LogP contribution in [-0.2, 0) is 36.8 Å². The van der Waals surface area contributed by atoms with Gasteiger partial charge in [-0.1, -0.05) is 50.2 Å². The number of hydrogen-bond donors (Lipinski definition) is 3. The van der Waals surface area contributed by atoms with E-state index in [1.807, 2.05) is 44.2 Å². The topological polar surface area (TPSA) is 146 Å². The summed E-state index contributed by atoms with van der Waals surface area (Å²) in [4.78, 5) is 70.8. The van der Waals surface area contributed by atoms with E-state index < -0.39 is 47.8 Å². The average Bonchev–Trinajstić information content (AvgIpc) is 3.52. The number of benzene rings is 2. The zero-order valence-corrected chi connectivity index (χ0v) is 27.2. The van der Waals surface area contributed by atoms with Crippen LogP contribution in [0.15, 0.2) is 48.5 Å². The smallest absolute Gasteiger partial charge is 0.245 e. The van der Waals surface area contributed by atoms with Gasteiger partial charge >= 0.3 is 0 Å². The molecule has 0 aliphatic carbocycles. The number of nitrogens with zero attached hydrogens (tertiary/aromatic N) is 2. The van der Waals surface area contributed by atoms with Gasteiger partial charge in [0, 0.05) is 13.1 Å². The van der Waals surface area contributed by atoms with Crippen molar-refractivity contribution in [2.24, 2.45) is 5.92 Å². The van der Waals surface area contributed by atoms with Gasteiger partial charge in [0.2, 0.25) is 29.5 Å². The number of rotatable bonds is 7. The number of hydrogen-bond acceptors (Lipinski definition) is 7. The zero-order valence-electron chi connectivity index (χ0n) is 27.2. The Hall–Kier alpha value is -4.61. The molecule has 0 bridgehead atoms. The number of methoxy groups -OCH3 is 2. The Morgan fingerprint density at radius 2 is 1.63 bits per heavy atom.